The first-order valence-corrected chi connectivity index (χ1v) is 7.11. The zero-order chi connectivity index (χ0) is 12.6. The lowest BCUT2D eigenvalue weighted by molar-refractivity contribution is 0.223. The van der Waals surface area contributed by atoms with Crippen LogP contribution >= 0.6 is 27.3 Å². The molecule has 0 radical (unpaired) electrons. The van der Waals surface area contributed by atoms with Crippen LogP contribution in [-0.2, 0) is 0 Å². The van der Waals surface area contributed by atoms with E-state index >= 15 is 0 Å². The van der Waals surface area contributed by atoms with E-state index in [4.69, 9.17) is 0 Å². The molecule has 3 heteroatoms. The molecule has 0 aliphatic heterocycles. The first-order chi connectivity index (χ1) is 7.99. The number of hydrogen-bond donors (Lipinski definition) is 1. The minimum absolute atomic E-state index is 0.539. The third-order valence-corrected chi connectivity index (χ3v) is 4.95. The van der Waals surface area contributed by atoms with Crippen LogP contribution in [-0.4, -0.2) is 5.11 Å². The first-order valence-electron chi connectivity index (χ1n) is 5.50. The van der Waals surface area contributed by atoms with Gasteiger partial charge in [-0.05, 0) is 59.5 Å². The third kappa shape index (κ3) is 2.62. The van der Waals surface area contributed by atoms with Gasteiger partial charge in [-0.2, -0.15) is 0 Å². The van der Waals surface area contributed by atoms with Gasteiger partial charge in [0, 0.05) is 9.35 Å². The van der Waals surface area contributed by atoms with Crippen molar-refractivity contribution < 1.29 is 5.11 Å². The zero-order valence-corrected chi connectivity index (χ0v) is 12.5. The Kier molecular flexibility index (Phi) is 3.71. The summed E-state index contributed by atoms with van der Waals surface area (Å²) in [6, 6.07) is 8.16. The van der Waals surface area contributed by atoms with Crippen LogP contribution in [0, 0.1) is 20.8 Å². The van der Waals surface area contributed by atoms with E-state index < -0.39 is 6.10 Å². The number of benzene rings is 1. The predicted molar refractivity (Wildman–Crippen MR) is 76.7 cm³/mol. The standard InChI is InChI=1S/C14H15BrOS/c1-8-4-5-11(6-9(8)2)13(16)14-12(15)7-10(3)17-14/h4-7,13,16H,1-3H3. The van der Waals surface area contributed by atoms with Crippen LogP contribution in [0.15, 0.2) is 28.7 Å². The molecule has 2 aromatic rings. The van der Waals surface area contributed by atoms with Gasteiger partial charge in [0.15, 0.2) is 0 Å². The summed E-state index contributed by atoms with van der Waals surface area (Å²) in [5.41, 5.74) is 3.42. The van der Waals surface area contributed by atoms with Crippen molar-refractivity contribution in [3.8, 4) is 0 Å². The molecule has 17 heavy (non-hydrogen) atoms. The predicted octanol–water partition coefficient (Wildman–Crippen LogP) is 4.52. The van der Waals surface area contributed by atoms with Gasteiger partial charge in [0.05, 0.1) is 4.88 Å². The Labute approximate surface area is 114 Å². The molecule has 0 fully saturated rings. The van der Waals surface area contributed by atoms with E-state index in [0.29, 0.717) is 0 Å². The second-order valence-electron chi connectivity index (χ2n) is 4.32. The second-order valence-corrected chi connectivity index (χ2v) is 6.46. The van der Waals surface area contributed by atoms with E-state index in [0.717, 1.165) is 14.9 Å². The molecule has 90 valence electrons. The van der Waals surface area contributed by atoms with Gasteiger partial charge in [0.1, 0.15) is 6.10 Å². The normalized spacial score (nSPS) is 12.8. The zero-order valence-electron chi connectivity index (χ0n) is 10.1. The molecular weight excluding hydrogens is 296 g/mol. The highest BCUT2D eigenvalue weighted by molar-refractivity contribution is 9.10. The van der Waals surface area contributed by atoms with Crippen LogP contribution in [0.3, 0.4) is 0 Å². The number of aryl methyl sites for hydroxylation is 3. The molecule has 1 N–H and O–H groups in total. The fraction of sp³-hybridized carbons (Fsp3) is 0.286. The number of aliphatic hydroxyl groups excluding tert-OH is 1. The Morgan fingerprint density at radius 1 is 1.12 bits per heavy atom. The van der Waals surface area contributed by atoms with Gasteiger partial charge in [-0.3, -0.25) is 0 Å². The Morgan fingerprint density at radius 2 is 1.82 bits per heavy atom. The van der Waals surface area contributed by atoms with Crippen molar-refractivity contribution in [1.29, 1.82) is 0 Å². The van der Waals surface area contributed by atoms with Crippen molar-refractivity contribution in [2.45, 2.75) is 26.9 Å². The molecule has 0 spiro atoms. The number of halogens is 1. The van der Waals surface area contributed by atoms with Crippen molar-refractivity contribution in [3.63, 3.8) is 0 Å². The maximum absolute atomic E-state index is 10.4. The Balaban J connectivity index is 2.40. The summed E-state index contributed by atoms with van der Waals surface area (Å²) in [5.74, 6) is 0. The van der Waals surface area contributed by atoms with Crippen LogP contribution in [0.25, 0.3) is 0 Å². The van der Waals surface area contributed by atoms with Crippen molar-refractivity contribution >= 4 is 27.3 Å². The van der Waals surface area contributed by atoms with E-state index in [1.54, 1.807) is 11.3 Å². The SMILES string of the molecule is Cc1cc(Br)c(C(O)c2ccc(C)c(C)c2)s1. The molecule has 1 aromatic heterocycles. The van der Waals surface area contributed by atoms with Gasteiger partial charge < -0.3 is 5.11 Å². The summed E-state index contributed by atoms with van der Waals surface area (Å²) in [5, 5.41) is 10.4. The largest absolute Gasteiger partial charge is 0.383 e. The maximum atomic E-state index is 10.4. The first kappa shape index (κ1) is 12.8. The van der Waals surface area contributed by atoms with Gasteiger partial charge in [0.25, 0.3) is 0 Å². The molecule has 0 aliphatic rings. The summed E-state index contributed by atoms with van der Waals surface area (Å²) in [6.45, 7) is 6.20. The highest BCUT2D eigenvalue weighted by Crippen LogP contribution is 2.35. The number of aliphatic hydroxyl groups is 1. The van der Waals surface area contributed by atoms with Crippen LogP contribution in [0.2, 0.25) is 0 Å². The minimum Gasteiger partial charge on any atom is -0.383 e. The smallest absolute Gasteiger partial charge is 0.114 e. The lowest BCUT2D eigenvalue weighted by Gasteiger charge is -2.12. The molecule has 0 saturated carbocycles. The van der Waals surface area contributed by atoms with Crippen LogP contribution < -0.4 is 0 Å². The highest BCUT2D eigenvalue weighted by Gasteiger charge is 2.16. The Bertz CT molecular complexity index is 545. The molecule has 0 aliphatic carbocycles. The fourth-order valence-corrected chi connectivity index (χ4v) is 3.66. The average Bonchev–Trinajstić information content (AvgIpc) is 2.61. The molecule has 0 bridgehead atoms. The molecular formula is C14H15BrOS. The topological polar surface area (TPSA) is 20.2 Å². The number of thiophene rings is 1. The summed E-state index contributed by atoms with van der Waals surface area (Å²) >= 11 is 5.13. The molecule has 0 amide bonds. The summed E-state index contributed by atoms with van der Waals surface area (Å²) < 4.78 is 0.991. The lowest BCUT2D eigenvalue weighted by atomic mass is 10.0. The van der Waals surface area contributed by atoms with Crippen molar-refractivity contribution in [2.24, 2.45) is 0 Å². The molecule has 1 heterocycles. The van der Waals surface area contributed by atoms with Crippen LogP contribution in [0.4, 0.5) is 0 Å². The third-order valence-electron chi connectivity index (χ3n) is 2.93. The van der Waals surface area contributed by atoms with Gasteiger partial charge in [-0.1, -0.05) is 18.2 Å². The fourth-order valence-electron chi connectivity index (χ4n) is 1.77. The van der Waals surface area contributed by atoms with Crippen molar-refractivity contribution in [3.05, 3.63) is 55.2 Å². The van der Waals surface area contributed by atoms with Gasteiger partial charge in [-0.25, -0.2) is 0 Å². The molecule has 1 nitrogen and oxygen atoms in total. The summed E-state index contributed by atoms with van der Waals surface area (Å²) in [6.07, 6.45) is -0.539. The number of rotatable bonds is 2. The van der Waals surface area contributed by atoms with E-state index in [1.165, 1.54) is 16.0 Å². The van der Waals surface area contributed by atoms with Gasteiger partial charge in [-0.15, -0.1) is 11.3 Å². The van der Waals surface area contributed by atoms with Crippen LogP contribution in [0.5, 0.6) is 0 Å². The van der Waals surface area contributed by atoms with Gasteiger partial charge in [0.2, 0.25) is 0 Å². The molecule has 2 rings (SSSR count). The van der Waals surface area contributed by atoms with E-state index in [2.05, 4.69) is 41.9 Å². The van der Waals surface area contributed by atoms with Crippen molar-refractivity contribution in [2.75, 3.05) is 0 Å². The molecule has 0 saturated heterocycles. The Hall–Kier alpha value is -0.640. The quantitative estimate of drug-likeness (QED) is 0.864. The molecule has 1 unspecified atom stereocenters. The van der Waals surface area contributed by atoms with E-state index in [-0.39, 0.29) is 0 Å². The lowest BCUT2D eigenvalue weighted by Crippen LogP contribution is -1.98. The van der Waals surface area contributed by atoms with E-state index in [1.807, 2.05) is 19.1 Å². The number of hydrogen-bond acceptors (Lipinski definition) is 2. The Morgan fingerprint density at radius 3 is 2.35 bits per heavy atom. The molecule has 1 atom stereocenters. The monoisotopic (exact) mass is 310 g/mol. The highest BCUT2D eigenvalue weighted by atomic mass is 79.9. The van der Waals surface area contributed by atoms with Crippen molar-refractivity contribution in [1.82, 2.24) is 0 Å². The average molecular weight is 311 g/mol. The maximum Gasteiger partial charge on any atom is 0.114 e. The van der Waals surface area contributed by atoms with Crippen LogP contribution in [0.1, 0.15) is 32.5 Å². The van der Waals surface area contributed by atoms with Gasteiger partial charge >= 0.3 is 0 Å². The minimum atomic E-state index is -0.539. The summed E-state index contributed by atoms with van der Waals surface area (Å²) in [7, 11) is 0. The summed E-state index contributed by atoms with van der Waals surface area (Å²) in [4.78, 5) is 2.18. The molecule has 1 aromatic carbocycles. The second kappa shape index (κ2) is 4.92. The van der Waals surface area contributed by atoms with E-state index in [9.17, 15) is 5.11 Å².